The molecular formula is C29H31ClN2O5. The van der Waals surface area contributed by atoms with Crippen molar-refractivity contribution in [3.63, 3.8) is 0 Å². The van der Waals surface area contributed by atoms with Gasteiger partial charge in [0.05, 0.1) is 0 Å². The number of rotatable bonds is 11. The predicted octanol–water partition coefficient (Wildman–Crippen LogP) is 6.85. The number of amides is 2. The summed E-state index contributed by atoms with van der Waals surface area (Å²) < 4.78 is 11.1. The average Bonchev–Trinajstić information content (AvgIpc) is 2.85. The summed E-state index contributed by atoms with van der Waals surface area (Å²) in [6, 6.07) is 19.9. The van der Waals surface area contributed by atoms with E-state index in [-0.39, 0.29) is 18.7 Å². The van der Waals surface area contributed by atoms with Gasteiger partial charge in [-0.25, -0.2) is 0 Å². The lowest BCUT2D eigenvalue weighted by Gasteiger charge is -2.15. The van der Waals surface area contributed by atoms with Crippen LogP contribution in [0.2, 0.25) is 5.02 Å². The Morgan fingerprint density at radius 1 is 0.838 bits per heavy atom. The maximum Gasteiger partial charge on any atom is 0.306 e. The highest BCUT2D eigenvalue weighted by molar-refractivity contribution is 6.30. The van der Waals surface area contributed by atoms with Crippen LogP contribution in [0.4, 0.5) is 11.4 Å². The number of carbonyl (C=O) groups excluding carboxylic acids is 3. The Balaban J connectivity index is 1.37. The van der Waals surface area contributed by atoms with Gasteiger partial charge in [0.15, 0.2) is 6.61 Å². The van der Waals surface area contributed by atoms with Crippen LogP contribution in [0.25, 0.3) is 0 Å². The fourth-order valence-electron chi connectivity index (χ4n) is 3.51. The molecule has 0 aliphatic heterocycles. The van der Waals surface area contributed by atoms with Gasteiger partial charge < -0.3 is 20.1 Å². The molecule has 0 saturated heterocycles. The minimum absolute atomic E-state index is 0.0309. The molecule has 0 aromatic heterocycles. The molecule has 0 unspecified atom stereocenters. The molecule has 0 bridgehead atoms. The van der Waals surface area contributed by atoms with Crippen molar-refractivity contribution < 1.29 is 23.9 Å². The predicted molar refractivity (Wildman–Crippen MR) is 145 cm³/mol. The molecule has 3 aromatic rings. The van der Waals surface area contributed by atoms with E-state index in [2.05, 4.69) is 36.6 Å². The zero-order valence-electron chi connectivity index (χ0n) is 21.2. The fourth-order valence-corrected chi connectivity index (χ4v) is 3.63. The van der Waals surface area contributed by atoms with Crippen molar-refractivity contribution in [1.29, 1.82) is 0 Å². The van der Waals surface area contributed by atoms with Crippen LogP contribution in [0, 0.1) is 6.92 Å². The van der Waals surface area contributed by atoms with Gasteiger partial charge in [-0.1, -0.05) is 37.6 Å². The summed E-state index contributed by atoms with van der Waals surface area (Å²) in [7, 11) is 0. The largest absolute Gasteiger partial charge is 0.457 e. The van der Waals surface area contributed by atoms with E-state index in [1.54, 1.807) is 48.5 Å². The number of ether oxygens (including phenoxy) is 2. The molecule has 0 spiro atoms. The van der Waals surface area contributed by atoms with E-state index < -0.39 is 18.5 Å². The summed E-state index contributed by atoms with van der Waals surface area (Å²) in [5.41, 5.74) is 3.43. The average molecular weight is 523 g/mol. The number of aryl methyl sites for hydroxylation is 1. The molecule has 0 aliphatic rings. The second kappa shape index (κ2) is 13.5. The standard InChI is InChI=1S/C29H31ClN2O5/c1-19(2)25-16-7-20(3)17-26(25)37-24-14-12-23(13-15-24)31-27(33)5-4-6-29(35)36-18-28(34)32-22-10-8-21(30)9-11-22/h7-17,19H,4-6,18H2,1-3H3,(H,31,33)(H,32,34). The first-order valence-corrected chi connectivity index (χ1v) is 12.5. The highest BCUT2D eigenvalue weighted by atomic mass is 35.5. The van der Waals surface area contributed by atoms with Gasteiger partial charge in [-0.3, -0.25) is 14.4 Å². The number of halogens is 1. The summed E-state index contributed by atoms with van der Waals surface area (Å²) in [5.74, 6) is 0.608. The lowest BCUT2D eigenvalue weighted by molar-refractivity contribution is -0.147. The zero-order chi connectivity index (χ0) is 26.8. The summed E-state index contributed by atoms with van der Waals surface area (Å²) in [4.78, 5) is 36.0. The third kappa shape index (κ3) is 9.28. The van der Waals surface area contributed by atoms with Crippen molar-refractivity contribution in [2.75, 3.05) is 17.2 Å². The van der Waals surface area contributed by atoms with Gasteiger partial charge in [0, 0.05) is 29.2 Å². The third-order valence-corrected chi connectivity index (χ3v) is 5.69. The topological polar surface area (TPSA) is 93.7 Å². The van der Waals surface area contributed by atoms with Crippen molar-refractivity contribution in [3.05, 3.63) is 82.9 Å². The molecule has 7 nitrogen and oxygen atoms in total. The zero-order valence-corrected chi connectivity index (χ0v) is 21.9. The van der Waals surface area contributed by atoms with Gasteiger partial charge >= 0.3 is 5.97 Å². The molecule has 0 aliphatic carbocycles. The SMILES string of the molecule is Cc1ccc(C(C)C)c(Oc2ccc(NC(=O)CCCC(=O)OCC(=O)Nc3ccc(Cl)cc3)cc2)c1. The molecule has 3 rings (SSSR count). The lowest BCUT2D eigenvalue weighted by atomic mass is 10.0. The van der Waals surface area contributed by atoms with E-state index in [1.165, 1.54) is 0 Å². The van der Waals surface area contributed by atoms with E-state index in [0.717, 1.165) is 16.9 Å². The minimum Gasteiger partial charge on any atom is -0.457 e. The quantitative estimate of drug-likeness (QED) is 0.268. The molecule has 0 radical (unpaired) electrons. The first-order chi connectivity index (χ1) is 17.7. The summed E-state index contributed by atoms with van der Waals surface area (Å²) in [5, 5.41) is 5.97. The maximum absolute atomic E-state index is 12.3. The second-order valence-electron chi connectivity index (χ2n) is 8.94. The Kier molecular flexibility index (Phi) is 10.1. The van der Waals surface area contributed by atoms with Crippen LogP contribution in [-0.2, 0) is 19.1 Å². The van der Waals surface area contributed by atoms with Crippen LogP contribution in [0.1, 0.15) is 50.2 Å². The molecule has 0 atom stereocenters. The number of anilines is 2. The van der Waals surface area contributed by atoms with Gasteiger partial charge in [-0.2, -0.15) is 0 Å². The molecule has 8 heteroatoms. The van der Waals surface area contributed by atoms with Crippen LogP contribution in [-0.4, -0.2) is 24.4 Å². The van der Waals surface area contributed by atoms with E-state index in [1.807, 2.05) is 13.0 Å². The molecule has 37 heavy (non-hydrogen) atoms. The van der Waals surface area contributed by atoms with E-state index in [4.69, 9.17) is 21.1 Å². The number of esters is 1. The van der Waals surface area contributed by atoms with E-state index in [0.29, 0.717) is 34.5 Å². The van der Waals surface area contributed by atoms with Crippen LogP contribution >= 0.6 is 11.6 Å². The van der Waals surface area contributed by atoms with E-state index >= 15 is 0 Å². The van der Waals surface area contributed by atoms with Gasteiger partial charge in [-0.15, -0.1) is 0 Å². The number of nitrogens with one attached hydrogen (secondary N) is 2. The van der Waals surface area contributed by atoms with Crippen LogP contribution in [0.3, 0.4) is 0 Å². The first-order valence-electron chi connectivity index (χ1n) is 12.1. The van der Waals surface area contributed by atoms with Crippen LogP contribution in [0.5, 0.6) is 11.5 Å². The summed E-state index contributed by atoms with van der Waals surface area (Å²) >= 11 is 5.80. The molecular weight excluding hydrogens is 492 g/mol. The Morgan fingerprint density at radius 2 is 1.46 bits per heavy atom. The van der Waals surface area contributed by atoms with Crippen molar-refractivity contribution in [2.24, 2.45) is 0 Å². The minimum atomic E-state index is -0.544. The Labute approximate surface area is 222 Å². The molecule has 3 aromatic carbocycles. The van der Waals surface area contributed by atoms with Crippen molar-refractivity contribution >= 4 is 40.8 Å². The Hall–Kier alpha value is -3.84. The van der Waals surface area contributed by atoms with Crippen LogP contribution < -0.4 is 15.4 Å². The first kappa shape index (κ1) is 27.7. The number of carbonyl (C=O) groups is 3. The second-order valence-corrected chi connectivity index (χ2v) is 9.38. The monoisotopic (exact) mass is 522 g/mol. The van der Waals surface area contributed by atoms with Crippen LogP contribution in [0.15, 0.2) is 66.7 Å². The number of hydrogen-bond donors (Lipinski definition) is 2. The molecule has 194 valence electrons. The molecule has 0 fully saturated rings. The number of hydrogen-bond acceptors (Lipinski definition) is 5. The Bertz CT molecular complexity index is 1220. The fraction of sp³-hybridized carbons (Fsp3) is 0.276. The van der Waals surface area contributed by atoms with E-state index in [9.17, 15) is 14.4 Å². The van der Waals surface area contributed by atoms with Crippen molar-refractivity contribution in [1.82, 2.24) is 0 Å². The Morgan fingerprint density at radius 3 is 2.11 bits per heavy atom. The third-order valence-electron chi connectivity index (χ3n) is 5.43. The highest BCUT2D eigenvalue weighted by Crippen LogP contribution is 2.32. The van der Waals surface area contributed by atoms with Gasteiger partial charge in [0.1, 0.15) is 11.5 Å². The summed E-state index contributed by atoms with van der Waals surface area (Å²) in [6.45, 7) is 5.86. The van der Waals surface area contributed by atoms with Crippen molar-refractivity contribution in [2.45, 2.75) is 46.0 Å². The molecule has 0 saturated carbocycles. The van der Waals surface area contributed by atoms with Gasteiger partial charge in [0.25, 0.3) is 5.91 Å². The molecule has 2 N–H and O–H groups in total. The maximum atomic E-state index is 12.3. The molecule has 0 heterocycles. The normalized spacial score (nSPS) is 10.6. The summed E-state index contributed by atoms with van der Waals surface area (Å²) in [6.07, 6.45) is 0.477. The highest BCUT2D eigenvalue weighted by Gasteiger charge is 2.11. The molecule has 2 amide bonds. The van der Waals surface area contributed by atoms with Crippen molar-refractivity contribution in [3.8, 4) is 11.5 Å². The lowest BCUT2D eigenvalue weighted by Crippen LogP contribution is -2.21. The van der Waals surface area contributed by atoms with Gasteiger partial charge in [0.2, 0.25) is 5.91 Å². The number of benzene rings is 3. The van der Waals surface area contributed by atoms with Gasteiger partial charge in [-0.05, 0) is 85.0 Å². The smallest absolute Gasteiger partial charge is 0.306 e.